The van der Waals surface area contributed by atoms with Crippen LogP contribution >= 0.6 is 0 Å². The molecule has 0 saturated heterocycles. The Balaban J connectivity index is 1.11. The van der Waals surface area contributed by atoms with Crippen LogP contribution in [0.15, 0.2) is 195 Å². The lowest BCUT2D eigenvalue weighted by molar-refractivity contribution is 0.589. The maximum Gasteiger partial charge on any atom is 0.0991 e. The Morgan fingerprint density at radius 2 is 0.909 bits per heavy atom. The van der Waals surface area contributed by atoms with Crippen molar-refractivity contribution in [2.24, 2.45) is 0 Å². The summed E-state index contributed by atoms with van der Waals surface area (Å²) in [5, 5.41) is 10.2. The van der Waals surface area contributed by atoms with Crippen LogP contribution in [0.25, 0.3) is 67.2 Å². The van der Waals surface area contributed by atoms with Crippen LogP contribution in [0.4, 0.5) is 0 Å². The van der Waals surface area contributed by atoms with E-state index in [4.69, 9.17) is 4.98 Å². The lowest BCUT2D eigenvalue weighted by atomic mass is 9.85. The van der Waals surface area contributed by atoms with Crippen LogP contribution in [0, 0.1) is 11.3 Å². The van der Waals surface area contributed by atoms with E-state index in [9.17, 15) is 5.26 Å². The molecule has 0 aliphatic heterocycles. The molecule has 0 radical (unpaired) electrons. The van der Waals surface area contributed by atoms with Crippen LogP contribution in [-0.2, 0) is 37.5 Å². The average Bonchev–Trinajstić information content (AvgIpc) is 3.37. The Kier molecular flexibility index (Phi) is 12.9. The van der Waals surface area contributed by atoms with E-state index in [0.29, 0.717) is 5.56 Å². The summed E-state index contributed by atoms with van der Waals surface area (Å²) in [6.07, 6.45) is 10.1. The Morgan fingerprint density at radius 3 is 1.47 bits per heavy atom. The molecular formula is C62H54N4. The predicted molar refractivity (Wildman–Crippen MR) is 273 cm³/mol. The van der Waals surface area contributed by atoms with Gasteiger partial charge in [-0.15, -0.1) is 0 Å². The molecule has 66 heavy (non-hydrogen) atoms. The molecule has 0 atom stereocenters. The van der Waals surface area contributed by atoms with Gasteiger partial charge in [-0.25, -0.2) is 0 Å². The zero-order chi connectivity index (χ0) is 45.5. The third-order valence-electron chi connectivity index (χ3n) is 12.6. The van der Waals surface area contributed by atoms with E-state index in [-0.39, 0.29) is 5.41 Å². The largest absolute Gasteiger partial charge is 0.256 e. The second kappa shape index (κ2) is 19.6. The minimum atomic E-state index is -0.0145. The third-order valence-corrected chi connectivity index (χ3v) is 12.6. The number of aryl methyl sites for hydroxylation is 5. The van der Waals surface area contributed by atoms with Crippen LogP contribution < -0.4 is 0 Å². The number of benzene rings is 6. The number of hydrogen-bond acceptors (Lipinski definition) is 4. The van der Waals surface area contributed by atoms with Gasteiger partial charge in [0.2, 0.25) is 0 Å². The van der Waals surface area contributed by atoms with Crippen LogP contribution in [0.5, 0.6) is 0 Å². The van der Waals surface area contributed by atoms with Gasteiger partial charge in [-0.3, -0.25) is 15.0 Å². The normalized spacial score (nSPS) is 11.3. The number of pyridine rings is 3. The van der Waals surface area contributed by atoms with Gasteiger partial charge in [0.15, 0.2) is 0 Å². The van der Waals surface area contributed by atoms with Crippen molar-refractivity contribution in [3.05, 3.63) is 233 Å². The SMILES string of the molecule is CCc1cc(C#N)cc(-c2cc(-c3cc(C(C)(C)C)ccn3)ccc2-c2ccccc2-c2cc(CCc3ccc(-c4ccccn4)cc3)cc(CCc3ccc(-c4ccccn4)cc3)c2)c1. The smallest absolute Gasteiger partial charge is 0.0991 e. The molecule has 0 aliphatic rings. The highest BCUT2D eigenvalue weighted by atomic mass is 14.7. The van der Waals surface area contributed by atoms with Crippen molar-refractivity contribution in [2.75, 3.05) is 0 Å². The monoisotopic (exact) mass is 854 g/mol. The zero-order valence-corrected chi connectivity index (χ0v) is 38.3. The molecule has 6 aromatic carbocycles. The first kappa shape index (κ1) is 43.5. The van der Waals surface area contributed by atoms with E-state index < -0.39 is 0 Å². The van der Waals surface area contributed by atoms with Gasteiger partial charge < -0.3 is 0 Å². The van der Waals surface area contributed by atoms with Crippen LogP contribution in [0.2, 0.25) is 0 Å². The van der Waals surface area contributed by atoms with Crippen molar-refractivity contribution in [3.8, 4) is 73.2 Å². The van der Waals surface area contributed by atoms with Gasteiger partial charge in [0.1, 0.15) is 0 Å². The highest BCUT2D eigenvalue weighted by molar-refractivity contribution is 5.94. The summed E-state index contributed by atoms with van der Waals surface area (Å²) in [5.74, 6) is 0. The second-order valence-corrected chi connectivity index (χ2v) is 18.2. The number of nitrogens with zero attached hydrogens (tertiary/aromatic N) is 4. The second-order valence-electron chi connectivity index (χ2n) is 18.2. The van der Waals surface area contributed by atoms with Crippen molar-refractivity contribution in [1.82, 2.24) is 15.0 Å². The van der Waals surface area contributed by atoms with E-state index in [1.54, 1.807) is 0 Å². The summed E-state index contributed by atoms with van der Waals surface area (Å²) in [6, 6.07) is 65.6. The fourth-order valence-electron chi connectivity index (χ4n) is 8.85. The van der Waals surface area contributed by atoms with Gasteiger partial charge in [-0.2, -0.15) is 5.26 Å². The summed E-state index contributed by atoms with van der Waals surface area (Å²) < 4.78 is 0. The van der Waals surface area contributed by atoms with Crippen molar-refractivity contribution in [3.63, 3.8) is 0 Å². The molecule has 0 aliphatic carbocycles. The summed E-state index contributed by atoms with van der Waals surface area (Å²) in [5.41, 5.74) is 21.2. The molecule has 0 bridgehead atoms. The molecule has 9 aromatic rings. The van der Waals surface area contributed by atoms with Crippen molar-refractivity contribution in [2.45, 2.75) is 65.2 Å². The molecular weight excluding hydrogens is 801 g/mol. The predicted octanol–water partition coefficient (Wildman–Crippen LogP) is 15.2. The number of hydrogen-bond donors (Lipinski definition) is 0. The Morgan fingerprint density at radius 1 is 0.394 bits per heavy atom. The zero-order valence-electron chi connectivity index (χ0n) is 38.3. The van der Waals surface area contributed by atoms with Crippen molar-refractivity contribution in [1.29, 1.82) is 5.26 Å². The average molecular weight is 855 g/mol. The number of nitriles is 1. The van der Waals surface area contributed by atoms with Crippen molar-refractivity contribution >= 4 is 0 Å². The van der Waals surface area contributed by atoms with Crippen molar-refractivity contribution < 1.29 is 0 Å². The highest BCUT2D eigenvalue weighted by Crippen LogP contribution is 2.41. The van der Waals surface area contributed by atoms with Gasteiger partial charge in [0, 0.05) is 35.3 Å². The van der Waals surface area contributed by atoms with Gasteiger partial charge in [-0.05, 0) is 159 Å². The number of aromatic nitrogens is 3. The summed E-state index contributed by atoms with van der Waals surface area (Å²) in [4.78, 5) is 14.0. The van der Waals surface area contributed by atoms with E-state index in [0.717, 1.165) is 93.7 Å². The number of rotatable bonds is 13. The summed E-state index contributed by atoms with van der Waals surface area (Å²) in [7, 11) is 0. The summed E-state index contributed by atoms with van der Waals surface area (Å²) in [6.45, 7) is 8.86. The molecule has 4 nitrogen and oxygen atoms in total. The van der Waals surface area contributed by atoms with Gasteiger partial charge in [0.05, 0.1) is 28.7 Å². The first-order chi connectivity index (χ1) is 32.2. The van der Waals surface area contributed by atoms with Gasteiger partial charge >= 0.3 is 0 Å². The lowest BCUT2D eigenvalue weighted by Crippen LogP contribution is -2.11. The third kappa shape index (κ3) is 10.1. The topological polar surface area (TPSA) is 62.5 Å². The maximum atomic E-state index is 10.2. The van der Waals surface area contributed by atoms with Crippen LogP contribution in [-0.4, -0.2) is 15.0 Å². The van der Waals surface area contributed by atoms with Gasteiger partial charge in [-0.1, -0.05) is 149 Å². The Labute approximate surface area is 390 Å². The molecule has 9 rings (SSSR count). The Bertz CT molecular complexity index is 3030. The minimum Gasteiger partial charge on any atom is -0.256 e. The minimum absolute atomic E-state index is 0.0145. The first-order valence-corrected chi connectivity index (χ1v) is 23.1. The van der Waals surface area contributed by atoms with E-state index in [1.165, 1.54) is 38.9 Å². The fraction of sp³-hybridized carbons (Fsp3) is 0.161. The standard InChI is InChI=1S/C62H54N4/c1-5-43-34-48(42-63)39-53(36-43)58-40-51(61-41-54(30-33-66-61)62(2,3)4)28-29-57(58)56-13-7-6-12-55(56)52-37-46(18-16-44-20-24-49(25-21-44)59-14-8-10-31-64-59)35-47(38-52)19-17-45-22-26-50(27-23-45)60-15-9-11-32-65-60/h6-15,20-41H,5,16-19H2,1-4H3. The van der Waals surface area contributed by atoms with Gasteiger partial charge in [0.25, 0.3) is 0 Å². The molecule has 0 fully saturated rings. The van der Waals surface area contributed by atoms with Crippen LogP contribution in [0.1, 0.15) is 66.6 Å². The van der Waals surface area contributed by atoms with Crippen LogP contribution in [0.3, 0.4) is 0 Å². The molecule has 0 N–H and O–H groups in total. The Hall–Kier alpha value is -7.74. The molecule has 3 heterocycles. The molecule has 4 heteroatoms. The fourth-order valence-corrected chi connectivity index (χ4v) is 8.85. The highest BCUT2D eigenvalue weighted by Gasteiger charge is 2.19. The quantitative estimate of drug-likeness (QED) is 0.116. The molecule has 0 spiro atoms. The molecule has 3 aromatic heterocycles. The molecule has 0 saturated carbocycles. The van der Waals surface area contributed by atoms with E-state index in [2.05, 4.69) is 183 Å². The van der Waals surface area contributed by atoms with E-state index in [1.807, 2.05) is 55.0 Å². The maximum absolute atomic E-state index is 10.2. The summed E-state index contributed by atoms with van der Waals surface area (Å²) >= 11 is 0. The molecule has 322 valence electrons. The van der Waals surface area contributed by atoms with E-state index >= 15 is 0 Å². The lowest BCUT2D eigenvalue weighted by Gasteiger charge is -2.20. The first-order valence-electron chi connectivity index (χ1n) is 23.1. The molecule has 0 unspecified atom stereocenters. The molecule has 0 amide bonds.